The van der Waals surface area contributed by atoms with Crippen molar-refractivity contribution in [3.8, 4) is 0 Å². The molecule has 1 N–H and O–H groups in total. The maximum absolute atomic E-state index is 12.2. The van der Waals surface area contributed by atoms with Gasteiger partial charge in [0.2, 0.25) is 0 Å². The third-order valence-electron chi connectivity index (χ3n) is 3.80. The second kappa shape index (κ2) is 6.60. The molecule has 0 spiro atoms. The molecule has 3 heterocycles. The standard InChI is InChI=1S/C17H15N7O/c25-16(15-9-19-13-5-1-2-6-14(13)23-15)18-7-3-4-12-8-20-17-21-11-22-24(17)10-12/h1-2,5-6,8-11H,3-4,7H2,(H,18,25). The summed E-state index contributed by atoms with van der Waals surface area (Å²) < 4.78 is 1.64. The molecule has 25 heavy (non-hydrogen) atoms. The highest BCUT2D eigenvalue weighted by Crippen LogP contribution is 2.08. The van der Waals surface area contributed by atoms with Gasteiger partial charge in [-0.05, 0) is 30.5 Å². The van der Waals surface area contributed by atoms with Crippen molar-refractivity contribution >= 4 is 22.7 Å². The molecule has 0 aliphatic rings. The van der Waals surface area contributed by atoms with Crippen molar-refractivity contribution in [1.82, 2.24) is 34.9 Å². The van der Waals surface area contributed by atoms with E-state index < -0.39 is 0 Å². The molecular weight excluding hydrogens is 318 g/mol. The number of hydrogen-bond acceptors (Lipinski definition) is 6. The number of benzene rings is 1. The van der Waals surface area contributed by atoms with Crippen molar-refractivity contribution in [3.05, 3.63) is 60.4 Å². The number of para-hydroxylation sites is 2. The molecule has 0 aliphatic heterocycles. The molecular formula is C17H15N7O. The zero-order chi connectivity index (χ0) is 17.1. The van der Waals surface area contributed by atoms with Crippen LogP contribution < -0.4 is 5.32 Å². The van der Waals surface area contributed by atoms with Crippen LogP contribution in [0.25, 0.3) is 16.8 Å². The van der Waals surface area contributed by atoms with Crippen LogP contribution in [0.3, 0.4) is 0 Å². The van der Waals surface area contributed by atoms with E-state index in [0.29, 0.717) is 23.5 Å². The highest BCUT2D eigenvalue weighted by atomic mass is 16.1. The number of carbonyl (C=O) groups excluding carboxylic acids is 1. The molecule has 0 radical (unpaired) electrons. The maximum atomic E-state index is 12.2. The Morgan fingerprint density at radius 1 is 1.08 bits per heavy atom. The highest BCUT2D eigenvalue weighted by Gasteiger charge is 2.08. The van der Waals surface area contributed by atoms with Crippen molar-refractivity contribution < 1.29 is 4.79 Å². The van der Waals surface area contributed by atoms with Gasteiger partial charge in [0, 0.05) is 18.9 Å². The predicted molar refractivity (Wildman–Crippen MR) is 91.0 cm³/mol. The lowest BCUT2D eigenvalue weighted by atomic mass is 10.2. The summed E-state index contributed by atoms with van der Waals surface area (Å²) in [6.45, 7) is 0.544. The minimum absolute atomic E-state index is 0.219. The summed E-state index contributed by atoms with van der Waals surface area (Å²) in [5.74, 6) is 0.357. The van der Waals surface area contributed by atoms with Crippen LogP contribution in [0, 0.1) is 0 Å². The molecule has 4 rings (SSSR count). The normalized spacial score (nSPS) is 11.0. The number of fused-ring (bicyclic) bond motifs is 2. The van der Waals surface area contributed by atoms with Crippen molar-refractivity contribution in [2.45, 2.75) is 12.8 Å². The lowest BCUT2D eigenvalue weighted by Crippen LogP contribution is -2.25. The second-order valence-corrected chi connectivity index (χ2v) is 5.57. The zero-order valence-electron chi connectivity index (χ0n) is 13.3. The van der Waals surface area contributed by atoms with Crippen LogP contribution in [0.15, 0.2) is 49.2 Å². The Kier molecular flexibility index (Phi) is 3.99. The smallest absolute Gasteiger partial charge is 0.271 e. The first-order valence-corrected chi connectivity index (χ1v) is 7.94. The Labute approximate surface area is 143 Å². The Bertz CT molecular complexity index is 1040. The molecule has 8 nitrogen and oxygen atoms in total. The van der Waals surface area contributed by atoms with Gasteiger partial charge in [0.25, 0.3) is 11.7 Å². The number of nitrogens with zero attached hydrogens (tertiary/aromatic N) is 6. The summed E-state index contributed by atoms with van der Waals surface area (Å²) in [7, 11) is 0. The van der Waals surface area contributed by atoms with E-state index in [1.54, 1.807) is 10.7 Å². The summed E-state index contributed by atoms with van der Waals surface area (Å²) in [5.41, 5.74) is 2.85. The summed E-state index contributed by atoms with van der Waals surface area (Å²) in [4.78, 5) is 29.0. The average Bonchev–Trinajstić information content (AvgIpc) is 3.12. The van der Waals surface area contributed by atoms with E-state index in [9.17, 15) is 4.79 Å². The molecule has 0 bridgehead atoms. The Morgan fingerprint density at radius 3 is 2.88 bits per heavy atom. The number of amides is 1. The first-order chi connectivity index (χ1) is 12.3. The van der Waals surface area contributed by atoms with Crippen LogP contribution in [0.5, 0.6) is 0 Å². The van der Waals surface area contributed by atoms with E-state index in [2.05, 4.69) is 30.4 Å². The minimum Gasteiger partial charge on any atom is -0.351 e. The largest absolute Gasteiger partial charge is 0.351 e. The molecule has 0 saturated carbocycles. The van der Waals surface area contributed by atoms with Gasteiger partial charge >= 0.3 is 0 Å². The number of hydrogen-bond donors (Lipinski definition) is 1. The van der Waals surface area contributed by atoms with Gasteiger partial charge in [-0.25, -0.2) is 14.5 Å². The number of carbonyl (C=O) groups is 1. The van der Waals surface area contributed by atoms with Crippen LogP contribution in [0.1, 0.15) is 22.5 Å². The molecule has 0 atom stereocenters. The fourth-order valence-corrected chi connectivity index (χ4v) is 2.54. The molecule has 1 amide bonds. The summed E-state index contributed by atoms with van der Waals surface area (Å²) in [6, 6.07) is 7.47. The van der Waals surface area contributed by atoms with Gasteiger partial charge in [0.1, 0.15) is 12.0 Å². The van der Waals surface area contributed by atoms with E-state index in [1.165, 1.54) is 12.5 Å². The van der Waals surface area contributed by atoms with Crippen molar-refractivity contribution in [2.24, 2.45) is 0 Å². The quantitative estimate of drug-likeness (QED) is 0.555. The van der Waals surface area contributed by atoms with Crippen molar-refractivity contribution in [3.63, 3.8) is 0 Å². The monoisotopic (exact) mass is 333 g/mol. The molecule has 1 aromatic carbocycles. The maximum Gasteiger partial charge on any atom is 0.271 e. The van der Waals surface area contributed by atoms with Crippen LogP contribution in [0.4, 0.5) is 0 Å². The zero-order valence-corrected chi connectivity index (χ0v) is 13.3. The van der Waals surface area contributed by atoms with Gasteiger partial charge in [0.05, 0.1) is 17.2 Å². The molecule has 8 heteroatoms. The Balaban J connectivity index is 1.33. The molecule has 0 unspecified atom stereocenters. The van der Waals surface area contributed by atoms with Crippen LogP contribution in [-0.4, -0.2) is 42.0 Å². The average molecular weight is 333 g/mol. The van der Waals surface area contributed by atoms with Crippen molar-refractivity contribution in [1.29, 1.82) is 0 Å². The first kappa shape index (κ1) is 15.1. The number of aromatic nitrogens is 6. The van der Waals surface area contributed by atoms with Gasteiger partial charge in [-0.3, -0.25) is 9.78 Å². The molecule has 0 fully saturated rings. The van der Waals surface area contributed by atoms with E-state index in [1.807, 2.05) is 30.5 Å². The lowest BCUT2D eigenvalue weighted by molar-refractivity contribution is 0.0948. The van der Waals surface area contributed by atoms with Gasteiger partial charge in [-0.1, -0.05) is 12.1 Å². The number of aryl methyl sites for hydroxylation is 1. The van der Waals surface area contributed by atoms with Gasteiger partial charge in [0.15, 0.2) is 0 Å². The van der Waals surface area contributed by atoms with E-state index in [-0.39, 0.29) is 5.91 Å². The van der Waals surface area contributed by atoms with Crippen LogP contribution in [0.2, 0.25) is 0 Å². The van der Waals surface area contributed by atoms with Crippen LogP contribution >= 0.6 is 0 Å². The third-order valence-corrected chi connectivity index (χ3v) is 3.80. The second-order valence-electron chi connectivity index (χ2n) is 5.57. The predicted octanol–water partition coefficient (Wildman–Crippen LogP) is 1.43. The Hall–Kier alpha value is -3.42. The molecule has 3 aromatic heterocycles. The summed E-state index contributed by atoms with van der Waals surface area (Å²) >= 11 is 0. The van der Waals surface area contributed by atoms with Gasteiger partial charge in [-0.2, -0.15) is 10.1 Å². The molecule has 0 saturated heterocycles. The van der Waals surface area contributed by atoms with Crippen LogP contribution in [-0.2, 0) is 6.42 Å². The minimum atomic E-state index is -0.219. The number of nitrogens with one attached hydrogen (secondary N) is 1. The van der Waals surface area contributed by atoms with Gasteiger partial charge in [-0.15, -0.1) is 0 Å². The summed E-state index contributed by atoms with van der Waals surface area (Å²) in [6.07, 6.45) is 8.21. The van der Waals surface area contributed by atoms with Crippen molar-refractivity contribution in [2.75, 3.05) is 6.54 Å². The van der Waals surface area contributed by atoms with E-state index >= 15 is 0 Å². The highest BCUT2D eigenvalue weighted by molar-refractivity contribution is 5.93. The SMILES string of the molecule is O=C(NCCCc1cnc2ncnn2c1)c1cnc2ccccc2n1. The fraction of sp³-hybridized carbons (Fsp3) is 0.176. The molecule has 4 aromatic rings. The number of rotatable bonds is 5. The lowest BCUT2D eigenvalue weighted by Gasteiger charge is -2.05. The Morgan fingerprint density at radius 2 is 1.96 bits per heavy atom. The first-order valence-electron chi connectivity index (χ1n) is 7.94. The van der Waals surface area contributed by atoms with Gasteiger partial charge < -0.3 is 5.32 Å². The van der Waals surface area contributed by atoms with E-state index in [4.69, 9.17) is 0 Å². The topological polar surface area (TPSA) is 98.0 Å². The molecule has 124 valence electrons. The fourth-order valence-electron chi connectivity index (χ4n) is 2.54. The summed E-state index contributed by atoms with van der Waals surface area (Å²) in [5, 5.41) is 6.93. The van der Waals surface area contributed by atoms with E-state index in [0.717, 1.165) is 23.9 Å². The third kappa shape index (κ3) is 3.27. The molecule has 0 aliphatic carbocycles.